The number of carboxylic acid groups (broad SMARTS) is 1. The number of benzene rings is 1. The normalized spacial score (nSPS) is 10.3. The number of halogens is 2. The molecule has 0 atom stereocenters. The van der Waals surface area contributed by atoms with E-state index in [0.29, 0.717) is 21.9 Å². The van der Waals surface area contributed by atoms with Crippen LogP contribution < -0.4 is 4.74 Å². The number of carbonyl (C=O) groups is 1. The molecular weight excluding hydrogens is 289 g/mol. The number of hydrogen-bond donors (Lipinski definition) is 1. The molecule has 6 heteroatoms. The molecule has 1 aromatic heterocycles. The fourth-order valence-corrected chi connectivity index (χ4v) is 2.04. The number of aromatic nitrogens is 1. The SMILES string of the molecule is COc1ccc(Cl)cc1-c1cnc(Cl)cc1C(=O)O. The molecule has 0 saturated heterocycles. The van der Waals surface area contributed by atoms with Gasteiger partial charge in [-0.15, -0.1) is 0 Å². The Bertz CT molecular complexity index is 644. The number of pyridine rings is 1. The van der Waals surface area contributed by atoms with Gasteiger partial charge in [-0.05, 0) is 24.3 Å². The molecule has 1 aromatic carbocycles. The van der Waals surface area contributed by atoms with Crippen molar-refractivity contribution in [1.29, 1.82) is 0 Å². The van der Waals surface area contributed by atoms with Gasteiger partial charge in [-0.3, -0.25) is 0 Å². The predicted molar refractivity (Wildman–Crippen MR) is 73.2 cm³/mol. The summed E-state index contributed by atoms with van der Waals surface area (Å²) in [6.45, 7) is 0. The molecule has 98 valence electrons. The van der Waals surface area contributed by atoms with E-state index in [2.05, 4.69) is 4.98 Å². The molecule has 1 N–H and O–H groups in total. The Balaban J connectivity index is 2.71. The summed E-state index contributed by atoms with van der Waals surface area (Å²) in [6, 6.07) is 6.24. The van der Waals surface area contributed by atoms with Crippen LogP contribution in [-0.4, -0.2) is 23.2 Å². The molecule has 0 spiro atoms. The number of rotatable bonds is 3. The molecule has 0 bridgehead atoms. The van der Waals surface area contributed by atoms with E-state index in [1.165, 1.54) is 19.4 Å². The van der Waals surface area contributed by atoms with E-state index in [-0.39, 0.29) is 10.7 Å². The lowest BCUT2D eigenvalue weighted by molar-refractivity contribution is 0.0697. The maximum atomic E-state index is 11.3. The third-order valence-corrected chi connectivity index (χ3v) is 2.99. The molecule has 0 aliphatic heterocycles. The molecule has 0 unspecified atom stereocenters. The molecule has 0 radical (unpaired) electrons. The maximum Gasteiger partial charge on any atom is 0.336 e. The minimum absolute atomic E-state index is 0.0422. The zero-order valence-electron chi connectivity index (χ0n) is 9.85. The standard InChI is InChI=1S/C13H9Cl2NO3/c1-19-11-3-2-7(14)4-8(11)10-6-16-12(15)5-9(10)13(17)18/h2-6H,1H3,(H,17,18). The second kappa shape index (κ2) is 5.47. The van der Waals surface area contributed by atoms with Gasteiger partial charge in [-0.2, -0.15) is 0 Å². The molecular formula is C13H9Cl2NO3. The van der Waals surface area contributed by atoms with Crippen LogP contribution in [0.2, 0.25) is 10.2 Å². The quantitative estimate of drug-likeness (QED) is 0.876. The van der Waals surface area contributed by atoms with Gasteiger partial charge < -0.3 is 9.84 Å². The highest BCUT2D eigenvalue weighted by Gasteiger charge is 2.16. The second-order valence-corrected chi connectivity index (χ2v) is 4.53. The largest absolute Gasteiger partial charge is 0.496 e. The van der Waals surface area contributed by atoms with Crippen LogP contribution in [0.25, 0.3) is 11.1 Å². The molecule has 0 amide bonds. The minimum Gasteiger partial charge on any atom is -0.496 e. The molecule has 0 aliphatic carbocycles. The van der Waals surface area contributed by atoms with E-state index in [1.807, 2.05) is 0 Å². The molecule has 0 saturated carbocycles. The molecule has 1 heterocycles. The molecule has 0 aliphatic rings. The van der Waals surface area contributed by atoms with Crippen LogP contribution in [0, 0.1) is 0 Å². The summed E-state index contributed by atoms with van der Waals surface area (Å²) >= 11 is 11.7. The van der Waals surface area contributed by atoms with E-state index in [0.717, 1.165) is 0 Å². The number of hydrogen-bond acceptors (Lipinski definition) is 3. The van der Waals surface area contributed by atoms with E-state index in [9.17, 15) is 9.90 Å². The fourth-order valence-electron chi connectivity index (χ4n) is 1.71. The Morgan fingerprint density at radius 3 is 2.63 bits per heavy atom. The Kier molecular flexibility index (Phi) is 3.93. The van der Waals surface area contributed by atoms with Crippen LogP contribution in [0.3, 0.4) is 0 Å². The van der Waals surface area contributed by atoms with Crippen LogP contribution in [0.15, 0.2) is 30.5 Å². The first-order valence-electron chi connectivity index (χ1n) is 5.25. The zero-order valence-corrected chi connectivity index (χ0v) is 11.4. The molecule has 4 nitrogen and oxygen atoms in total. The van der Waals surface area contributed by atoms with Gasteiger partial charge >= 0.3 is 5.97 Å². The highest BCUT2D eigenvalue weighted by Crippen LogP contribution is 2.34. The van der Waals surface area contributed by atoms with Gasteiger partial charge in [-0.1, -0.05) is 23.2 Å². The summed E-state index contributed by atoms with van der Waals surface area (Å²) < 4.78 is 5.21. The Hall–Kier alpha value is -1.78. The van der Waals surface area contributed by atoms with Crippen molar-refractivity contribution in [3.8, 4) is 16.9 Å². The summed E-state index contributed by atoms with van der Waals surface area (Å²) in [7, 11) is 1.50. The topological polar surface area (TPSA) is 59.4 Å². The van der Waals surface area contributed by atoms with Gasteiger partial charge in [0.25, 0.3) is 0 Å². The summed E-state index contributed by atoms with van der Waals surface area (Å²) in [4.78, 5) is 15.2. The third kappa shape index (κ3) is 2.80. The average Bonchev–Trinajstić information content (AvgIpc) is 2.38. The van der Waals surface area contributed by atoms with Gasteiger partial charge in [0.05, 0.1) is 12.7 Å². The lowest BCUT2D eigenvalue weighted by Gasteiger charge is -2.11. The molecule has 19 heavy (non-hydrogen) atoms. The highest BCUT2D eigenvalue weighted by molar-refractivity contribution is 6.31. The minimum atomic E-state index is -1.10. The average molecular weight is 298 g/mol. The molecule has 2 rings (SSSR count). The van der Waals surface area contributed by atoms with E-state index >= 15 is 0 Å². The van der Waals surface area contributed by atoms with Crippen LogP contribution in [0.1, 0.15) is 10.4 Å². The molecule has 2 aromatic rings. The third-order valence-electron chi connectivity index (χ3n) is 2.55. The number of aromatic carboxylic acids is 1. The van der Waals surface area contributed by atoms with Gasteiger partial charge in [-0.25, -0.2) is 9.78 Å². The Morgan fingerprint density at radius 1 is 1.26 bits per heavy atom. The lowest BCUT2D eigenvalue weighted by Crippen LogP contribution is -2.01. The van der Waals surface area contributed by atoms with Crippen molar-refractivity contribution in [2.45, 2.75) is 0 Å². The fraction of sp³-hybridized carbons (Fsp3) is 0.0769. The van der Waals surface area contributed by atoms with Gasteiger partial charge in [0.1, 0.15) is 10.9 Å². The van der Waals surface area contributed by atoms with Gasteiger partial charge in [0.2, 0.25) is 0 Å². The van der Waals surface area contributed by atoms with Crippen LogP contribution in [0.4, 0.5) is 0 Å². The first-order chi connectivity index (χ1) is 9.02. The van der Waals surface area contributed by atoms with Crippen molar-refractivity contribution in [1.82, 2.24) is 4.98 Å². The Morgan fingerprint density at radius 2 is 2.00 bits per heavy atom. The van der Waals surface area contributed by atoms with Crippen LogP contribution >= 0.6 is 23.2 Å². The number of carboxylic acids is 1. The number of ether oxygens (including phenoxy) is 1. The van der Waals surface area contributed by atoms with Crippen molar-refractivity contribution < 1.29 is 14.6 Å². The Labute approximate surface area is 119 Å². The maximum absolute atomic E-state index is 11.3. The van der Waals surface area contributed by atoms with E-state index in [4.69, 9.17) is 27.9 Å². The predicted octanol–water partition coefficient (Wildman–Crippen LogP) is 3.76. The van der Waals surface area contributed by atoms with E-state index < -0.39 is 5.97 Å². The zero-order chi connectivity index (χ0) is 14.0. The summed E-state index contributed by atoms with van der Waals surface area (Å²) in [6.07, 6.45) is 1.39. The first-order valence-corrected chi connectivity index (χ1v) is 6.01. The number of nitrogens with zero attached hydrogens (tertiary/aromatic N) is 1. The second-order valence-electron chi connectivity index (χ2n) is 3.70. The van der Waals surface area contributed by atoms with Crippen molar-refractivity contribution in [2.75, 3.05) is 7.11 Å². The first kappa shape index (κ1) is 13.6. The number of methoxy groups -OCH3 is 1. The van der Waals surface area contributed by atoms with Crippen molar-refractivity contribution >= 4 is 29.2 Å². The van der Waals surface area contributed by atoms with Gasteiger partial charge in [0, 0.05) is 22.3 Å². The highest BCUT2D eigenvalue weighted by atomic mass is 35.5. The molecule has 0 fully saturated rings. The summed E-state index contributed by atoms with van der Waals surface area (Å²) in [5.74, 6) is -0.586. The van der Waals surface area contributed by atoms with Crippen LogP contribution in [-0.2, 0) is 0 Å². The van der Waals surface area contributed by atoms with E-state index in [1.54, 1.807) is 18.2 Å². The smallest absolute Gasteiger partial charge is 0.336 e. The van der Waals surface area contributed by atoms with Crippen molar-refractivity contribution in [3.63, 3.8) is 0 Å². The summed E-state index contributed by atoms with van der Waals surface area (Å²) in [5, 5.41) is 9.81. The van der Waals surface area contributed by atoms with Crippen LogP contribution in [0.5, 0.6) is 5.75 Å². The van der Waals surface area contributed by atoms with Gasteiger partial charge in [0.15, 0.2) is 0 Å². The van der Waals surface area contributed by atoms with Crippen molar-refractivity contribution in [2.24, 2.45) is 0 Å². The van der Waals surface area contributed by atoms with Crippen molar-refractivity contribution in [3.05, 3.63) is 46.2 Å². The lowest BCUT2D eigenvalue weighted by atomic mass is 10.0. The summed E-state index contributed by atoms with van der Waals surface area (Å²) in [5.41, 5.74) is 0.994. The monoisotopic (exact) mass is 297 g/mol.